The lowest BCUT2D eigenvalue weighted by molar-refractivity contribution is -0.131. The Morgan fingerprint density at radius 1 is 1.29 bits per heavy atom. The number of benzene rings is 1. The van der Waals surface area contributed by atoms with Gasteiger partial charge in [-0.05, 0) is 56.9 Å². The molecule has 2 aromatic heterocycles. The van der Waals surface area contributed by atoms with Crippen molar-refractivity contribution < 1.29 is 23.8 Å². The minimum atomic E-state index is -1.24. The van der Waals surface area contributed by atoms with Crippen molar-refractivity contribution in [1.29, 1.82) is 0 Å². The number of carbonyl (C=O) groups excluding carboxylic acids is 1. The first-order valence-corrected chi connectivity index (χ1v) is 11.4. The van der Waals surface area contributed by atoms with Crippen LogP contribution < -0.4 is 10.1 Å². The Labute approximate surface area is 200 Å². The van der Waals surface area contributed by atoms with Crippen molar-refractivity contribution in [3.05, 3.63) is 60.1 Å². The lowest BCUT2D eigenvalue weighted by Crippen LogP contribution is -2.46. The lowest BCUT2D eigenvalue weighted by atomic mass is 9.96. The van der Waals surface area contributed by atoms with Crippen molar-refractivity contribution in [2.24, 2.45) is 5.92 Å². The van der Waals surface area contributed by atoms with E-state index in [1.807, 2.05) is 18.2 Å². The highest BCUT2D eigenvalue weighted by molar-refractivity contribution is 5.80. The zero-order valence-electron chi connectivity index (χ0n) is 19.7. The number of aryl methyl sites for hydroxylation is 1. The average Bonchev–Trinajstić information content (AvgIpc) is 3.55. The van der Waals surface area contributed by atoms with Crippen LogP contribution in [0.4, 0.5) is 0 Å². The summed E-state index contributed by atoms with van der Waals surface area (Å²) in [6.45, 7) is 4.66. The molecular weight excluding hydrogens is 432 g/mol. The summed E-state index contributed by atoms with van der Waals surface area (Å²) >= 11 is 0. The number of carbonyl (C=O) groups is 1. The van der Waals surface area contributed by atoms with Crippen LogP contribution >= 0.6 is 0 Å². The molecule has 0 spiro atoms. The van der Waals surface area contributed by atoms with Crippen LogP contribution in [0.15, 0.2) is 53.2 Å². The largest absolute Gasteiger partial charge is 0.493 e. The van der Waals surface area contributed by atoms with Crippen molar-refractivity contribution in [2.45, 2.75) is 51.4 Å². The number of rotatable bonds is 6. The third kappa shape index (κ3) is 7.62. The normalized spacial score (nSPS) is 17.0. The topological polar surface area (TPSA) is 97.1 Å². The average molecular weight is 465 g/mol. The number of hydrogen-bond donors (Lipinski definition) is 2. The van der Waals surface area contributed by atoms with Crippen LogP contribution in [0.2, 0.25) is 0 Å². The van der Waals surface area contributed by atoms with Crippen molar-refractivity contribution in [1.82, 2.24) is 10.3 Å². The van der Waals surface area contributed by atoms with Gasteiger partial charge >= 0.3 is 0 Å². The van der Waals surface area contributed by atoms with Crippen molar-refractivity contribution in [3.63, 3.8) is 0 Å². The number of epoxide rings is 1. The Morgan fingerprint density at radius 2 is 2.06 bits per heavy atom. The van der Waals surface area contributed by atoms with E-state index in [4.69, 9.17) is 13.9 Å². The van der Waals surface area contributed by atoms with E-state index in [1.54, 1.807) is 32.3 Å². The number of amides is 1. The maximum Gasteiger partial charge on any atom is 0.225 e. The first kappa shape index (κ1) is 25.3. The molecule has 0 radical (unpaired) electrons. The van der Waals surface area contributed by atoms with Gasteiger partial charge in [0.2, 0.25) is 5.91 Å². The molecule has 1 amide bonds. The summed E-state index contributed by atoms with van der Waals surface area (Å²) in [6.07, 6.45) is 15.0. The quantitative estimate of drug-likeness (QED) is 0.326. The van der Waals surface area contributed by atoms with Gasteiger partial charge in [-0.2, -0.15) is 0 Å². The summed E-state index contributed by atoms with van der Waals surface area (Å²) in [5.41, 5.74) is 0.875. The highest BCUT2D eigenvalue weighted by atomic mass is 16.6. The Balaban J connectivity index is 0.000000224. The monoisotopic (exact) mass is 464 g/mol. The molecule has 180 valence electrons. The molecule has 2 N–H and O–H groups in total. The molecule has 5 rings (SSSR count). The van der Waals surface area contributed by atoms with Gasteiger partial charge in [0.15, 0.2) is 0 Å². The number of ether oxygens (including phenoxy) is 2. The SMILES string of the molecule is C#C.CC(C)(O)NC(=O)[C@H](Cc1cc2cnccc2o1)C[C@H]1CO1.c1ccc2c(c1)CCCO2. The van der Waals surface area contributed by atoms with E-state index in [9.17, 15) is 9.90 Å². The molecule has 1 fully saturated rings. The highest BCUT2D eigenvalue weighted by Gasteiger charge is 2.33. The predicted molar refractivity (Wildman–Crippen MR) is 130 cm³/mol. The van der Waals surface area contributed by atoms with E-state index in [0.717, 1.165) is 35.5 Å². The summed E-state index contributed by atoms with van der Waals surface area (Å²) in [7, 11) is 0. The summed E-state index contributed by atoms with van der Waals surface area (Å²) in [5.74, 6) is 1.32. The van der Waals surface area contributed by atoms with Crippen LogP contribution in [-0.4, -0.2) is 41.0 Å². The Morgan fingerprint density at radius 3 is 2.74 bits per heavy atom. The minimum Gasteiger partial charge on any atom is -0.493 e. The van der Waals surface area contributed by atoms with Gasteiger partial charge in [0, 0.05) is 30.1 Å². The second-order valence-electron chi connectivity index (χ2n) is 8.83. The van der Waals surface area contributed by atoms with Crippen molar-refractivity contribution in [3.8, 4) is 18.6 Å². The lowest BCUT2D eigenvalue weighted by Gasteiger charge is -2.23. The van der Waals surface area contributed by atoms with Crippen LogP contribution in [0.3, 0.4) is 0 Å². The van der Waals surface area contributed by atoms with Gasteiger partial charge in [0.1, 0.15) is 22.8 Å². The number of terminal acetylenes is 1. The molecule has 0 unspecified atom stereocenters. The van der Waals surface area contributed by atoms with Crippen LogP contribution in [0.5, 0.6) is 5.75 Å². The third-order valence-electron chi connectivity index (χ3n) is 5.39. The first-order valence-electron chi connectivity index (χ1n) is 11.4. The number of nitrogens with one attached hydrogen (secondary N) is 1. The van der Waals surface area contributed by atoms with Gasteiger partial charge in [0.05, 0.1) is 19.3 Å². The van der Waals surface area contributed by atoms with E-state index in [0.29, 0.717) is 19.4 Å². The number of para-hydroxylation sites is 1. The molecule has 0 saturated carbocycles. The molecule has 4 heterocycles. The van der Waals surface area contributed by atoms with E-state index < -0.39 is 5.72 Å². The summed E-state index contributed by atoms with van der Waals surface area (Å²) in [4.78, 5) is 16.4. The fourth-order valence-corrected chi connectivity index (χ4v) is 3.79. The van der Waals surface area contributed by atoms with Crippen LogP contribution in [0.25, 0.3) is 11.0 Å². The fourth-order valence-electron chi connectivity index (χ4n) is 3.79. The summed E-state index contributed by atoms with van der Waals surface area (Å²) in [6, 6.07) is 12.0. The second-order valence-corrected chi connectivity index (χ2v) is 8.83. The Hall–Kier alpha value is -3.34. The Kier molecular flexibility index (Phi) is 8.69. The maximum absolute atomic E-state index is 12.4. The first-order chi connectivity index (χ1) is 16.4. The number of fused-ring (bicyclic) bond motifs is 2. The molecule has 2 aliphatic heterocycles. The number of pyridine rings is 1. The molecule has 1 saturated heterocycles. The second kappa shape index (κ2) is 11.7. The molecule has 7 heteroatoms. The number of furan rings is 1. The minimum absolute atomic E-state index is 0.128. The van der Waals surface area contributed by atoms with Crippen molar-refractivity contribution >= 4 is 16.9 Å². The summed E-state index contributed by atoms with van der Waals surface area (Å²) < 4.78 is 16.4. The predicted octanol–water partition coefficient (Wildman–Crippen LogP) is 3.88. The van der Waals surface area contributed by atoms with Gasteiger partial charge in [0.25, 0.3) is 0 Å². The Bertz CT molecular complexity index is 1040. The van der Waals surface area contributed by atoms with Crippen LogP contribution in [0.1, 0.15) is 38.0 Å². The summed E-state index contributed by atoms with van der Waals surface area (Å²) in [5, 5.41) is 13.3. The number of aromatic nitrogens is 1. The zero-order valence-corrected chi connectivity index (χ0v) is 19.7. The maximum atomic E-state index is 12.4. The molecule has 0 bridgehead atoms. The van der Waals surface area contributed by atoms with E-state index in [1.165, 1.54) is 12.0 Å². The smallest absolute Gasteiger partial charge is 0.225 e. The van der Waals surface area contributed by atoms with Gasteiger partial charge in [-0.1, -0.05) is 18.2 Å². The van der Waals surface area contributed by atoms with E-state index >= 15 is 0 Å². The zero-order chi connectivity index (χ0) is 24.6. The van der Waals surface area contributed by atoms with E-state index in [-0.39, 0.29) is 17.9 Å². The molecule has 0 aliphatic carbocycles. The van der Waals surface area contributed by atoms with Crippen LogP contribution in [0, 0.1) is 18.8 Å². The van der Waals surface area contributed by atoms with E-state index in [2.05, 4.69) is 35.3 Å². The molecule has 34 heavy (non-hydrogen) atoms. The molecule has 7 nitrogen and oxygen atoms in total. The molecule has 3 aromatic rings. The van der Waals surface area contributed by atoms with Crippen molar-refractivity contribution in [2.75, 3.05) is 13.2 Å². The number of aliphatic hydroxyl groups is 1. The molecule has 2 aliphatic rings. The molecule has 2 atom stereocenters. The number of nitrogens with zero attached hydrogens (tertiary/aromatic N) is 1. The van der Waals surface area contributed by atoms with Gasteiger partial charge in [-0.3, -0.25) is 9.78 Å². The van der Waals surface area contributed by atoms with Gasteiger partial charge in [-0.25, -0.2) is 0 Å². The molecular formula is C27H32N2O5. The number of hydrogen-bond acceptors (Lipinski definition) is 6. The highest BCUT2D eigenvalue weighted by Crippen LogP contribution is 2.26. The molecule has 1 aromatic carbocycles. The van der Waals surface area contributed by atoms with Gasteiger partial charge in [-0.15, -0.1) is 12.8 Å². The van der Waals surface area contributed by atoms with Crippen LogP contribution in [-0.2, 0) is 22.4 Å². The van der Waals surface area contributed by atoms with Gasteiger partial charge < -0.3 is 24.3 Å². The third-order valence-corrected chi connectivity index (χ3v) is 5.39. The standard InChI is InChI=1S/C16H20N2O4.C9H10O.C2H2/c1-16(2,20)18-15(19)10(6-13-9-21-13)5-12-7-11-8-17-4-3-14(11)22-12;1-2-6-9-8(4-1)5-3-7-10-9;1-2/h3-4,7-8,10,13,20H,5-6,9H2,1-2H3,(H,18,19);1-2,4,6H,3,5,7H2;1-2H/t10-,13+;;/m1../s1. The fraction of sp³-hybridized carbons (Fsp3) is 0.407.